The van der Waals surface area contributed by atoms with Crippen molar-refractivity contribution in [3.05, 3.63) is 34.3 Å². The lowest BCUT2D eigenvalue weighted by Crippen LogP contribution is -2.25. The Morgan fingerprint density at radius 1 is 1.35 bits per heavy atom. The standard InChI is InChI=1S/C12H18BrNO2S/c1-8(14)12(17-7-11(16)6-15)9-2-4-10(13)5-3-9/h2-5,8,11-12,15-16H,6-7,14H2,1H3. The molecule has 17 heavy (non-hydrogen) atoms. The predicted molar refractivity (Wildman–Crippen MR) is 76.1 cm³/mol. The molecule has 1 aromatic carbocycles. The SMILES string of the molecule is CC(N)C(SCC(O)CO)c1ccc(Br)cc1. The van der Waals surface area contributed by atoms with Gasteiger partial charge >= 0.3 is 0 Å². The van der Waals surface area contributed by atoms with Crippen LogP contribution in [0.15, 0.2) is 28.7 Å². The Balaban J connectivity index is 2.69. The minimum absolute atomic E-state index is 0.00734. The molecule has 0 radical (unpaired) electrons. The smallest absolute Gasteiger partial charge is 0.0861 e. The second-order valence-corrected chi connectivity index (χ2v) is 6.09. The summed E-state index contributed by atoms with van der Waals surface area (Å²) in [5.41, 5.74) is 7.10. The average Bonchev–Trinajstić information content (AvgIpc) is 2.31. The van der Waals surface area contributed by atoms with Gasteiger partial charge in [0.15, 0.2) is 0 Å². The first kappa shape index (κ1) is 15.0. The van der Waals surface area contributed by atoms with E-state index in [-0.39, 0.29) is 17.9 Å². The van der Waals surface area contributed by atoms with Gasteiger partial charge in [-0.25, -0.2) is 0 Å². The van der Waals surface area contributed by atoms with Gasteiger partial charge in [-0.3, -0.25) is 0 Å². The van der Waals surface area contributed by atoms with Crippen molar-refractivity contribution in [2.75, 3.05) is 12.4 Å². The molecule has 0 saturated carbocycles. The number of aliphatic hydroxyl groups excluding tert-OH is 2. The van der Waals surface area contributed by atoms with E-state index in [2.05, 4.69) is 15.9 Å². The molecule has 0 aliphatic heterocycles. The van der Waals surface area contributed by atoms with Crippen LogP contribution in [0, 0.1) is 0 Å². The third-order valence-corrected chi connectivity index (χ3v) is 4.52. The highest BCUT2D eigenvalue weighted by Gasteiger charge is 2.18. The maximum absolute atomic E-state index is 9.36. The summed E-state index contributed by atoms with van der Waals surface area (Å²) in [4.78, 5) is 0. The molecular weight excluding hydrogens is 302 g/mol. The van der Waals surface area contributed by atoms with Crippen molar-refractivity contribution >= 4 is 27.7 Å². The van der Waals surface area contributed by atoms with Gasteiger partial charge in [-0.05, 0) is 24.6 Å². The Labute approximate surface area is 115 Å². The van der Waals surface area contributed by atoms with E-state index in [1.165, 1.54) is 0 Å². The van der Waals surface area contributed by atoms with E-state index in [9.17, 15) is 5.11 Å². The lowest BCUT2D eigenvalue weighted by atomic mass is 10.1. The molecule has 3 unspecified atom stereocenters. The van der Waals surface area contributed by atoms with Crippen molar-refractivity contribution in [2.24, 2.45) is 5.73 Å². The van der Waals surface area contributed by atoms with Gasteiger partial charge in [0, 0.05) is 21.5 Å². The second kappa shape index (κ2) is 7.38. The van der Waals surface area contributed by atoms with Gasteiger partial charge in [0.1, 0.15) is 0 Å². The first-order chi connectivity index (χ1) is 8.04. The molecule has 96 valence electrons. The first-order valence-corrected chi connectivity index (χ1v) is 7.30. The number of aliphatic hydroxyl groups is 2. The van der Waals surface area contributed by atoms with Crippen molar-refractivity contribution in [3.63, 3.8) is 0 Å². The minimum Gasteiger partial charge on any atom is -0.394 e. The van der Waals surface area contributed by atoms with Crippen LogP contribution in [0.25, 0.3) is 0 Å². The van der Waals surface area contributed by atoms with Gasteiger partial charge in [-0.2, -0.15) is 0 Å². The summed E-state index contributed by atoms with van der Waals surface area (Å²) in [6.07, 6.45) is -0.684. The zero-order valence-corrected chi connectivity index (χ0v) is 12.1. The molecule has 1 aromatic rings. The summed E-state index contributed by atoms with van der Waals surface area (Å²) in [5, 5.41) is 18.3. The second-order valence-electron chi connectivity index (χ2n) is 4.00. The number of rotatable bonds is 6. The number of nitrogens with two attached hydrogens (primary N) is 1. The third kappa shape index (κ3) is 4.97. The number of hydrogen-bond acceptors (Lipinski definition) is 4. The molecule has 4 N–H and O–H groups in total. The van der Waals surface area contributed by atoms with Gasteiger partial charge in [0.05, 0.1) is 12.7 Å². The lowest BCUT2D eigenvalue weighted by Gasteiger charge is -2.22. The minimum atomic E-state index is -0.684. The topological polar surface area (TPSA) is 66.5 Å². The number of hydrogen-bond donors (Lipinski definition) is 3. The molecule has 0 aliphatic rings. The van der Waals surface area contributed by atoms with Gasteiger partial charge in [0.25, 0.3) is 0 Å². The Hall–Kier alpha value is -0.0700. The van der Waals surface area contributed by atoms with Crippen molar-refractivity contribution < 1.29 is 10.2 Å². The van der Waals surface area contributed by atoms with Crippen LogP contribution in [0.4, 0.5) is 0 Å². The van der Waals surface area contributed by atoms with Crippen LogP contribution in [0.5, 0.6) is 0 Å². The Bertz CT molecular complexity index is 332. The maximum Gasteiger partial charge on any atom is 0.0861 e. The third-order valence-electron chi connectivity index (χ3n) is 2.35. The number of thioether (sulfide) groups is 1. The number of benzene rings is 1. The van der Waals surface area contributed by atoms with Crippen molar-refractivity contribution in [2.45, 2.75) is 24.3 Å². The highest BCUT2D eigenvalue weighted by molar-refractivity contribution is 9.10. The molecule has 0 saturated heterocycles. The first-order valence-electron chi connectivity index (χ1n) is 5.46. The van der Waals surface area contributed by atoms with E-state index in [1.807, 2.05) is 31.2 Å². The maximum atomic E-state index is 9.36. The van der Waals surface area contributed by atoms with Crippen LogP contribution < -0.4 is 5.73 Å². The molecule has 1 rings (SSSR count). The molecule has 0 bridgehead atoms. The summed E-state index contributed by atoms with van der Waals surface area (Å²) in [7, 11) is 0. The molecule has 0 aliphatic carbocycles. The van der Waals surface area contributed by atoms with Crippen LogP contribution in [0.1, 0.15) is 17.7 Å². The summed E-state index contributed by atoms with van der Waals surface area (Å²) >= 11 is 4.96. The average molecular weight is 320 g/mol. The van der Waals surface area contributed by atoms with E-state index >= 15 is 0 Å². The van der Waals surface area contributed by atoms with Crippen LogP contribution in [-0.4, -0.2) is 34.7 Å². The summed E-state index contributed by atoms with van der Waals surface area (Å²) < 4.78 is 1.03. The summed E-state index contributed by atoms with van der Waals surface area (Å²) in [6, 6.07) is 8.00. The van der Waals surface area contributed by atoms with Gasteiger partial charge in [-0.15, -0.1) is 11.8 Å². The number of halogens is 1. The fourth-order valence-electron chi connectivity index (χ4n) is 1.47. The van der Waals surface area contributed by atoms with Crippen molar-refractivity contribution in [3.8, 4) is 0 Å². The Kier molecular flexibility index (Phi) is 6.51. The molecule has 0 heterocycles. The van der Waals surface area contributed by atoms with E-state index < -0.39 is 6.10 Å². The fourth-order valence-corrected chi connectivity index (χ4v) is 2.92. The van der Waals surface area contributed by atoms with Crippen LogP contribution in [0.3, 0.4) is 0 Å². The Morgan fingerprint density at radius 2 is 1.94 bits per heavy atom. The van der Waals surface area contributed by atoms with Gasteiger partial charge < -0.3 is 15.9 Å². The highest BCUT2D eigenvalue weighted by atomic mass is 79.9. The van der Waals surface area contributed by atoms with E-state index in [4.69, 9.17) is 10.8 Å². The van der Waals surface area contributed by atoms with E-state index in [0.29, 0.717) is 5.75 Å². The van der Waals surface area contributed by atoms with Crippen LogP contribution in [0.2, 0.25) is 0 Å². The molecule has 3 nitrogen and oxygen atoms in total. The zero-order valence-electron chi connectivity index (χ0n) is 9.71. The van der Waals surface area contributed by atoms with Crippen molar-refractivity contribution in [1.29, 1.82) is 0 Å². The van der Waals surface area contributed by atoms with Gasteiger partial charge in [0.2, 0.25) is 0 Å². The molecule has 0 aromatic heterocycles. The molecular formula is C12H18BrNO2S. The van der Waals surface area contributed by atoms with Gasteiger partial charge in [-0.1, -0.05) is 28.1 Å². The molecule has 0 amide bonds. The molecule has 3 atom stereocenters. The van der Waals surface area contributed by atoms with E-state index in [1.54, 1.807) is 11.8 Å². The van der Waals surface area contributed by atoms with Crippen LogP contribution in [-0.2, 0) is 0 Å². The van der Waals surface area contributed by atoms with Crippen molar-refractivity contribution in [1.82, 2.24) is 0 Å². The lowest BCUT2D eigenvalue weighted by molar-refractivity contribution is 0.113. The quantitative estimate of drug-likeness (QED) is 0.749. The highest BCUT2D eigenvalue weighted by Crippen LogP contribution is 2.32. The van der Waals surface area contributed by atoms with Crippen LogP contribution >= 0.6 is 27.7 Å². The fraction of sp³-hybridized carbons (Fsp3) is 0.500. The molecule has 0 spiro atoms. The summed E-state index contributed by atoms with van der Waals surface area (Å²) in [6.45, 7) is 1.74. The largest absolute Gasteiger partial charge is 0.394 e. The summed E-state index contributed by atoms with van der Waals surface area (Å²) in [5.74, 6) is 0.485. The Morgan fingerprint density at radius 3 is 2.41 bits per heavy atom. The zero-order chi connectivity index (χ0) is 12.8. The molecule has 0 fully saturated rings. The molecule has 5 heteroatoms. The monoisotopic (exact) mass is 319 g/mol. The van der Waals surface area contributed by atoms with E-state index in [0.717, 1.165) is 10.0 Å². The normalized spacial score (nSPS) is 16.5. The predicted octanol–water partition coefficient (Wildman–Crippen LogP) is 1.92.